The second-order valence-electron chi connectivity index (χ2n) is 4.68. The molecule has 0 radical (unpaired) electrons. The summed E-state index contributed by atoms with van der Waals surface area (Å²) in [6, 6.07) is 0. The van der Waals surface area contributed by atoms with Gasteiger partial charge < -0.3 is 11.9 Å². The van der Waals surface area contributed by atoms with Crippen molar-refractivity contribution in [2.75, 3.05) is 6.54 Å². The van der Waals surface area contributed by atoms with Gasteiger partial charge in [-0.2, -0.15) is 0 Å². The molecular formula is C14H34N2. The monoisotopic (exact) mass is 230 g/mol. The zero-order valence-corrected chi connectivity index (χ0v) is 11.5. The van der Waals surface area contributed by atoms with Gasteiger partial charge in [0.25, 0.3) is 0 Å². The van der Waals surface area contributed by atoms with Crippen LogP contribution in [-0.2, 0) is 0 Å². The average Bonchev–Trinajstić information content (AvgIpc) is 2.26. The number of rotatable bonds is 12. The largest absolute Gasteiger partial charge is 0.344 e. The van der Waals surface area contributed by atoms with Crippen molar-refractivity contribution in [2.45, 2.75) is 84.0 Å². The highest BCUT2D eigenvalue weighted by atomic mass is 14.5. The van der Waals surface area contributed by atoms with Crippen molar-refractivity contribution in [1.82, 2.24) is 6.15 Å². The Kier molecular flexibility index (Phi) is 19.8. The van der Waals surface area contributed by atoms with Crippen molar-refractivity contribution in [3.05, 3.63) is 0 Å². The fourth-order valence-electron chi connectivity index (χ4n) is 1.99. The molecular weight excluding hydrogens is 196 g/mol. The summed E-state index contributed by atoms with van der Waals surface area (Å²) in [6.45, 7) is 3.15. The quantitative estimate of drug-likeness (QED) is 0.473. The van der Waals surface area contributed by atoms with Crippen molar-refractivity contribution in [1.29, 1.82) is 0 Å². The highest BCUT2D eigenvalue weighted by Gasteiger charge is 1.92. The Labute approximate surface area is 103 Å². The maximum Gasteiger partial charge on any atom is -0.00773 e. The molecule has 0 aliphatic carbocycles. The van der Waals surface area contributed by atoms with Crippen LogP contribution in [-0.4, -0.2) is 6.54 Å². The van der Waals surface area contributed by atoms with Crippen molar-refractivity contribution >= 4 is 0 Å². The molecule has 0 aliphatic rings. The van der Waals surface area contributed by atoms with E-state index in [0.717, 1.165) is 6.54 Å². The highest BCUT2D eigenvalue weighted by molar-refractivity contribution is 4.48. The number of nitrogens with two attached hydrogens (primary N) is 1. The Morgan fingerprint density at radius 2 is 0.875 bits per heavy atom. The lowest BCUT2D eigenvalue weighted by Gasteiger charge is -2.01. The SMILES string of the molecule is CCCCCCCCCCCCCCN.N. The van der Waals surface area contributed by atoms with E-state index in [1.54, 1.807) is 0 Å². The van der Waals surface area contributed by atoms with Gasteiger partial charge in [0.2, 0.25) is 0 Å². The lowest BCUT2D eigenvalue weighted by atomic mass is 10.1. The van der Waals surface area contributed by atoms with Crippen LogP contribution < -0.4 is 11.9 Å². The third kappa shape index (κ3) is 16.4. The van der Waals surface area contributed by atoms with E-state index in [1.807, 2.05) is 0 Å². The van der Waals surface area contributed by atoms with Gasteiger partial charge in [-0.15, -0.1) is 0 Å². The van der Waals surface area contributed by atoms with Gasteiger partial charge in [-0.3, -0.25) is 0 Å². The van der Waals surface area contributed by atoms with Gasteiger partial charge in [0, 0.05) is 0 Å². The molecule has 0 aromatic carbocycles. The van der Waals surface area contributed by atoms with E-state index < -0.39 is 0 Å². The minimum Gasteiger partial charge on any atom is -0.344 e. The molecule has 0 spiro atoms. The van der Waals surface area contributed by atoms with E-state index in [0.29, 0.717) is 0 Å². The molecule has 0 saturated carbocycles. The molecule has 0 fully saturated rings. The van der Waals surface area contributed by atoms with Gasteiger partial charge in [-0.1, -0.05) is 77.6 Å². The van der Waals surface area contributed by atoms with Crippen LogP contribution in [0.4, 0.5) is 0 Å². The lowest BCUT2D eigenvalue weighted by Crippen LogP contribution is -1.97. The lowest BCUT2D eigenvalue weighted by molar-refractivity contribution is 0.545. The first kappa shape index (κ1) is 18.3. The molecule has 0 saturated heterocycles. The van der Waals surface area contributed by atoms with Gasteiger partial charge >= 0.3 is 0 Å². The molecule has 0 amide bonds. The first-order valence-electron chi connectivity index (χ1n) is 7.12. The van der Waals surface area contributed by atoms with Crippen LogP contribution in [0.15, 0.2) is 0 Å². The molecule has 16 heavy (non-hydrogen) atoms. The Bertz CT molecular complexity index is 92.9. The molecule has 0 heterocycles. The summed E-state index contributed by atoms with van der Waals surface area (Å²) in [5, 5.41) is 0. The maximum atomic E-state index is 5.45. The van der Waals surface area contributed by atoms with Gasteiger partial charge in [0.15, 0.2) is 0 Å². The number of hydrogen-bond donors (Lipinski definition) is 2. The van der Waals surface area contributed by atoms with Crippen LogP contribution in [0, 0.1) is 0 Å². The van der Waals surface area contributed by atoms with Crippen molar-refractivity contribution in [2.24, 2.45) is 5.73 Å². The first-order valence-corrected chi connectivity index (χ1v) is 7.12. The normalized spacial score (nSPS) is 10.1. The second-order valence-corrected chi connectivity index (χ2v) is 4.68. The summed E-state index contributed by atoms with van der Waals surface area (Å²) < 4.78 is 0. The molecule has 0 aliphatic heterocycles. The summed E-state index contributed by atoms with van der Waals surface area (Å²) in [5.74, 6) is 0. The van der Waals surface area contributed by atoms with Crippen LogP contribution in [0.5, 0.6) is 0 Å². The molecule has 5 N–H and O–H groups in total. The summed E-state index contributed by atoms with van der Waals surface area (Å²) in [6.07, 6.45) is 16.9. The van der Waals surface area contributed by atoms with E-state index in [4.69, 9.17) is 5.73 Å². The van der Waals surface area contributed by atoms with Crippen LogP contribution >= 0.6 is 0 Å². The Morgan fingerprint density at radius 1 is 0.562 bits per heavy atom. The van der Waals surface area contributed by atoms with Gasteiger partial charge in [-0.05, 0) is 13.0 Å². The third-order valence-corrected chi connectivity index (χ3v) is 3.06. The van der Waals surface area contributed by atoms with Gasteiger partial charge in [-0.25, -0.2) is 0 Å². The van der Waals surface area contributed by atoms with Crippen molar-refractivity contribution < 1.29 is 0 Å². The summed E-state index contributed by atoms with van der Waals surface area (Å²) >= 11 is 0. The van der Waals surface area contributed by atoms with Crippen LogP contribution in [0.3, 0.4) is 0 Å². The van der Waals surface area contributed by atoms with E-state index in [-0.39, 0.29) is 6.15 Å². The summed E-state index contributed by atoms with van der Waals surface area (Å²) in [4.78, 5) is 0. The Morgan fingerprint density at radius 3 is 1.19 bits per heavy atom. The van der Waals surface area contributed by atoms with Crippen molar-refractivity contribution in [3.63, 3.8) is 0 Å². The van der Waals surface area contributed by atoms with Gasteiger partial charge in [0.05, 0.1) is 0 Å². The molecule has 0 atom stereocenters. The van der Waals surface area contributed by atoms with Crippen LogP contribution in [0.2, 0.25) is 0 Å². The topological polar surface area (TPSA) is 61.0 Å². The molecule has 0 aromatic rings. The Hall–Kier alpha value is -0.0800. The predicted octanol–water partition coefficient (Wildman–Crippen LogP) is 4.81. The Balaban J connectivity index is 0. The molecule has 0 unspecified atom stereocenters. The highest BCUT2D eigenvalue weighted by Crippen LogP contribution is 2.11. The fourth-order valence-corrected chi connectivity index (χ4v) is 1.99. The van der Waals surface area contributed by atoms with E-state index in [9.17, 15) is 0 Å². The standard InChI is InChI=1S/C14H31N.H3N/c1-2-3-4-5-6-7-8-9-10-11-12-13-14-15;/h2-15H2,1H3;1H3. The molecule has 100 valence electrons. The van der Waals surface area contributed by atoms with Crippen LogP contribution in [0.1, 0.15) is 84.0 Å². The molecule has 0 aromatic heterocycles. The second kappa shape index (κ2) is 17.3. The summed E-state index contributed by atoms with van der Waals surface area (Å²) in [7, 11) is 0. The van der Waals surface area contributed by atoms with E-state index in [2.05, 4.69) is 6.92 Å². The van der Waals surface area contributed by atoms with E-state index in [1.165, 1.54) is 77.0 Å². The maximum absolute atomic E-state index is 5.45. The third-order valence-electron chi connectivity index (χ3n) is 3.06. The van der Waals surface area contributed by atoms with Crippen LogP contribution in [0.25, 0.3) is 0 Å². The number of hydrogen-bond acceptors (Lipinski definition) is 2. The van der Waals surface area contributed by atoms with Gasteiger partial charge in [0.1, 0.15) is 0 Å². The molecule has 2 heteroatoms. The predicted molar refractivity (Wildman–Crippen MR) is 75.2 cm³/mol. The fraction of sp³-hybridized carbons (Fsp3) is 1.00. The average molecular weight is 230 g/mol. The number of unbranched alkanes of at least 4 members (excludes halogenated alkanes) is 11. The molecule has 2 nitrogen and oxygen atoms in total. The minimum absolute atomic E-state index is 0. The first-order chi connectivity index (χ1) is 7.41. The van der Waals surface area contributed by atoms with E-state index >= 15 is 0 Å². The molecule has 0 bridgehead atoms. The molecule has 0 rings (SSSR count). The zero-order chi connectivity index (χ0) is 11.2. The van der Waals surface area contributed by atoms with Crippen molar-refractivity contribution in [3.8, 4) is 0 Å². The summed E-state index contributed by atoms with van der Waals surface area (Å²) in [5.41, 5.74) is 5.45. The smallest absolute Gasteiger partial charge is 0.00773 e. The zero-order valence-electron chi connectivity index (χ0n) is 11.5. The minimum atomic E-state index is 0.